The molecule has 0 aliphatic rings. The normalized spacial score (nSPS) is 11.5. The number of para-hydroxylation sites is 3. The van der Waals surface area contributed by atoms with E-state index in [9.17, 15) is 0 Å². The highest BCUT2D eigenvalue weighted by Gasteiger charge is 2.20. The first kappa shape index (κ1) is 39.4. The summed E-state index contributed by atoms with van der Waals surface area (Å²) in [6, 6.07) is 97.4. The Balaban J connectivity index is 0.938. The first-order valence-electron chi connectivity index (χ1n) is 23.4. The predicted molar refractivity (Wildman–Crippen MR) is 290 cm³/mol. The summed E-state index contributed by atoms with van der Waals surface area (Å²) < 4.78 is 2.42. The molecule has 0 atom stereocenters. The van der Waals surface area contributed by atoms with E-state index < -0.39 is 0 Å². The molecule has 0 aliphatic heterocycles. The molecule has 0 amide bonds. The Labute approximate surface area is 395 Å². The van der Waals surface area contributed by atoms with Gasteiger partial charge in [0.2, 0.25) is 0 Å². The summed E-state index contributed by atoms with van der Waals surface area (Å²) in [4.78, 5) is 2.38. The lowest BCUT2D eigenvalue weighted by molar-refractivity contribution is 1.18. The van der Waals surface area contributed by atoms with Crippen molar-refractivity contribution in [2.75, 3.05) is 4.90 Å². The Bertz CT molecular complexity index is 3980. The summed E-state index contributed by atoms with van der Waals surface area (Å²) in [7, 11) is 0. The zero-order valence-electron chi connectivity index (χ0n) is 37.3. The smallest absolute Gasteiger partial charge is 0.0619 e. The van der Waals surface area contributed by atoms with Crippen molar-refractivity contribution in [3.8, 4) is 50.2 Å². The highest BCUT2D eigenvalue weighted by molar-refractivity contribution is 6.22. The van der Waals surface area contributed by atoms with Crippen LogP contribution in [0, 0.1) is 0 Å². The van der Waals surface area contributed by atoms with Crippen LogP contribution in [0.3, 0.4) is 0 Å². The van der Waals surface area contributed by atoms with Gasteiger partial charge >= 0.3 is 0 Å². The second-order valence-corrected chi connectivity index (χ2v) is 17.6. The number of hydrogen-bond donors (Lipinski definition) is 0. The number of fused-ring (bicyclic) bond motifs is 7. The van der Waals surface area contributed by atoms with Gasteiger partial charge < -0.3 is 9.47 Å². The molecule has 0 unspecified atom stereocenters. The quantitative estimate of drug-likeness (QED) is 0.138. The van der Waals surface area contributed by atoms with Crippen molar-refractivity contribution in [1.29, 1.82) is 0 Å². The van der Waals surface area contributed by atoms with Gasteiger partial charge in [0.15, 0.2) is 0 Å². The van der Waals surface area contributed by atoms with Crippen molar-refractivity contribution in [1.82, 2.24) is 4.57 Å². The Morgan fingerprint density at radius 2 is 0.779 bits per heavy atom. The molecular formula is C66H44N2. The SMILES string of the molecule is c1ccc(-c2c(-c3ccccc3)c3cc(-c4ccc(N(c5ccc(-c6cccc7c8ccccc8n(-c8ccccc8)c67)cc5)c5ccc6ccccc6c5)cc4)ccc3c3ccccc23)cc1. The van der Waals surface area contributed by atoms with Crippen molar-refractivity contribution < 1.29 is 0 Å². The van der Waals surface area contributed by atoms with Gasteiger partial charge in [-0.1, -0.05) is 206 Å². The highest BCUT2D eigenvalue weighted by Crippen LogP contribution is 2.46. The molecule has 0 N–H and O–H groups in total. The van der Waals surface area contributed by atoms with E-state index in [-0.39, 0.29) is 0 Å². The molecule has 68 heavy (non-hydrogen) atoms. The van der Waals surface area contributed by atoms with Crippen LogP contribution in [0.25, 0.3) is 104 Å². The maximum absolute atomic E-state index is 2.42. The van der Waals surface area contributed by atoms with Crippen LogP contribution in [0.4, 0.5) is 17.1 Å². The molecule has 0 aliphatic carbocycles. The van der Waals surface area contributed by atoms with Crippen LogP contribution in [0.15, 0.2) is 267 Å². The van der Waals surface area contributed by atoms with E-state index in [1.165, 1.54) is 98.6 Å². The third-order valence-electron chi connectivity index (χ3n) is 13.7. The number of benzene rings is 12. The Morgan fingerprint density at radius 1 is 0.265 bits per heavy atom. The van der Waals surface area contributed by atoms with Crippen LogP contribution in [0.5, 0.6) is 0 Å². The number of nitrogens with zero attached hydrogens (tertiary/aromatic N) is 2. The first-order chi connectivity index (χ1) is 33.7. The predicted octanol–water partition coefficient (Wildman–Crippen LogP) is 18.4. The van der Waals surface area contributed by atoms with Crippen LogP contribution in [0.1, 0.15) is 0 Å². The molecule has 13 aromatic rings. The van der Waals surface area contributed by atoms with E-state index >= 15 is 0 Å². The van der Waals surface area contributed by atoms with Gasteiger partial charge in [-0.2, -0.15) is 0 Å². The number of hydrogen-bond acceptors (Lipinski definition) is 1. The Hall–Kier alpha value is -8.98. The van der Waals surface area contributed by atoms with E-state index in [0.29, 0.717) is 0 Å². The lowest BCUT2D eigenvalue weighted by Gasteiger charge is -2.26. The van der Waals surface area contributed by atoms with Crippen LogP contribution in [-0.4, -0.2) is 4.57 Å². The number of rotatable bonds is 8. The van der Waals surface area contributed by atoms with Crippen molar-refractivity contribution in [3.63, 3.8) is 0 Å². The van der Waals surface area contributed by atoms with Crippen molar-refractivity contribution in [2.45, 2.75) is 0 Å². The van der Waals surface area contributed by atoms with Crippen molar-refractivity contribution in [2.24, 2.45) is 0 Å². The summed E-state index contributed by atoms with van der Waals surface area (Å²) in [6.45, 7) is 0. The molecule has 12 aromatic carbocycles. The monoisotopic (exact) mass is 864 g/mol. The molecule has 1 heterocycles. The molecule has 1 aromatic heterocycles. The molecule has 0 saturated heterocycles. The molecule has 2 nitrogen and oxygen atoms in total. The molecule has 13 rings (SSSR count). The minimum absolute atomic E-state index is 1.09. The van der Waals surface area contributed by atoms with Gasteiger partial charge in [0.1, 0.15) is 0 Å². The maximum atomic E-state index is 2.42. The van der Waals surface area contributed by atoms with E-state index in [2.05, 4.69) is 276 Å². The second-order valence-electron chi connectivity index (χ2n) is 17.6. The molecule has 318 valence electrons. The molecule has 0 fully saturated rings. The van der Waals surface area contributed by atoms with Gasteiger partial charge in [0.25, 0.3) is 0 Å². The summed E-state index contributed by atoms with van der Waals surface area (Å²) >= 11 is 0. The van der Waals surface area contributed by atoms with E-state index in [1.54, 1.807) is 0 Å². The fourth-order valence-electron chi connectivity index (χ4n) is 10.6. The third-order valence-corrected chi connectivity index (χ3v) is 13.7. The summed E-state index contributed by atoms with van der Waals surface area (Å²) in [5, 5.41) is 9.94. The largest absolute Gasteiger partial charge is 0.310 e. The third kappa shape index (κ3) is 6.65. The summed E-state index contributed by atoms with van der Waals surface area (Å²) in [5.41, 5.74) is 16.5. The van der Waals surface area contributed by atoms with Crippen LogP contribution >= 0.6 is 0 Å². The zero-order chi connectivity index (χ0) is 45.0. The Morgan fingerprint density at radius 3 is 1.49 bits per heavy atom. The molecule has 0 radical (unpaired) electrons. The van der Waals surface area contributed by atoms with Crippen molar-refractivity contribution >= 4 is 71.2 Å². The molecule has 0 bridgehead atoms. The van der Waals surface area contributed by atoms with Crippen LogP contribution in [0.2, 0.25) is 0 Å². The van der Waals surface area contributed by atoms with Gasteiger partial charge in [-0.15, -0.1) is 0 Å². The van der Waals surface area contributed by atoms with Gasteiger partial charge in [-0.05, 0) is 132 Å². The molecule has 2 heteroatoms. The van der Waals surface area contributed by atoms with E-state index in [0.717, 1.165) is 22.7 Å². The maximum Gasteiger partial charge on any atom is 0.0619 e. The van der Waals surface area contributed by atoms with Crippen LogP contribution in [-0.2, 0) is 0 Å². The average Bonchev–Trinajstić information content (AvgIpc) is 3.76. The lowest BCUT2D eigenvalue weighted by atomic mass is 9.84. The van der Waals surface area contributed by atoms with Crippen LogP contribution < -0.4 is 4.90 Å². The number of anilines is 3. The van der Waals surface area contributed by atoms with Gasteiger partial charge in [0.05, 0.1) is 11.0 Å². The molecule has 0 saturated carbocycles. The topological polar surface area (TPSA) is 8.17 Å². The highest BCUT2D eigenvalue weighted by atomic mass is 15.1. The van der Waals surface area contributed by atoms with Gasteiger partial charge in [0, 0.05) is 39.1 Å². The van der Waals surface area contributed by atoms with E-state index in [1.807, 2.05) is 0 Å². The zero-order valence-corrected chi connectivity index (χ0v) is 37.3. The first-order valence-corrected chi connectivity index (χ1v) is 23.4. The minimum Gasteiger partial charge on any atom is -0.310 e. The fraction of sp³-hybridized carbons (Fsp3) is 0. The van der Waals surface area contributed by atoms with E-state index in [4.69, 9.17) is 0 Å². The van der Waals surface area contributed by atoms with Crippen molar-refractivity contribution in [3.05, 3.63) is 267 Å². The second kappa shape index (κ2) is 16.5. The standard InChI is InChI=1S/C66H44N2/c1-4-18-48(19-5-1)64-60-27-13-12-25-57(60)58-42-36-51(44-62(58)65(64)49-20-6-2-7-21-49)46-31-37-53(38-32-46)67(55-41-33-45-17-10-11-22-50(45)43-55)54-39-34-47(35-40-54)56-28-16-29-61-59-26-14-15-30-63(59)68(66(56)61)52-23-8-3-9-24-52/h1-44H. The lowest BCUT2D eigenvalue weighted by Crippen LogP contribution is -2.09. The summed E-state index contributed by atoms with van der Waals surface area (Å²) in [5.74, 6) is 0. The van der Waals surface area contributed by atoms with Gasteiger partial charge in [-0.3, -0.25) is 0 Å². The molecular weight excluding hydrogens is 821 g/mol. The number of aromatic nitrogens is 1. The average molecular weight is 865 g/mol. The fourth-order valence-corrected chi connectivity index (χ4v) is 10.6. The van der Waals surface area contributed by atoms with Gasteiger partial charge in [-0.25, -0.2) is 0 Å². The molecule has 0 spiro atoms. The summed E-state index contributed by atoms with van der Waals surface area (Å²) in [6.07, 6.45) is 0. The minimum atomic E-state index is 1.09. The Kier molecular flexibility index (Phi) is 9.54.